The lowest BCUT2D eigenvalue weighted by atomic mass is 10.2. The van der Waals surface area contributed by atoms with Crippen molar-refractivity contribution < 1.29 is 23.4 Å². The third kappa shape index (κ3) is 5.11. The fraction of sp³-hybridized carbons (Fsp3) is 0.462. The summed E-state index contributed by atoms with van der Waals surface area (Å²) in [7, 11) is 0. The lowest BCUT2D eigenvalue weighted by molar-refractivity contribution is -0.123. The normalized spacial score (nSPS) is 20.7. The molecule has 8 heteroatoms. The molecule has 1 aliphatic rings. The molecule has 2 unspecified atom stereocenters. The summed E-state index contributed by atoms with van der Waals surface area (Å²) in [5.41, 5.74) is 0. The molecule has 5 nitrogen and oxygen atoms in total. The number of rotatable bonds is 5. The molecule has 2 atom stereocenters. The zero-order valence-electron chi connectivity index (χ0n) is 11.1. The number of benzene rings is 1. The third-order valence-corrected chi connectivity index (χ3v) is 2.99. The zero-order chi connectivity index (χ0) is 14.5. The van der Waals surface area contributed by atoms with Crippen LogP contribution in [0.1, 0.15) is 6.42 Å². The Bertz CT molecular complexity index is 490. The maximum atomic E-state index is 12.9. The summed E-state index contributed by atoms with van der Waals surface area (Å²) in [5, 5.41) is 14.8. The van der Waals surface area contributed by atoms with Crippen molar-refractivity contribution >= 4 is 18.3 Å². The summed E-state index contributed by atoms with van der Waals surface area (Å²) in [6.07, 6.45) is -0.111. The predicted molar refractivity (Wildman–Crippen MR) is 74.5 cm³/mol. The monoisotopic (exact) mass is 322 g/mol. The van der Waals surface area contributed by atoms with Gasteiger partial charge in [0.25, 0.3) is 0 Å². The van der Waals surface area contributed by atoms with Gasteiger partial charge in [-0.15, -0.1) is 12.4 Å². The number of carbonyl (C=O) groups excluding carboxylic acids is 1. The van der Waals surface area contributed by atoms with E-state index in [2.05, 4.69) is 10.6 Å². The highest BCUT2D eigenvalue weighted by atomic mass is 35.5. The summed E-state index contributed by atoms with van der Waals surface area (Å²) in [4.78, 5) is 11.7. The first-order valence-corrected chi connectivity index (χ1v) is 6.33. The van der Waals surface area contributed by atoms with Crippen LogP contribution in [-0.2, 0) is 4.79 Å². The molecule has 1 aromatic rings. The second-order valence-corrected chi connectivity index (χ2v) is 4.57. The van der Waals surface area contributed by atoms with Crippen molar-refractivity contribution in [1.29, 1.82) is 0 Å². The van der Waals surface area contributed by atoms with Crippen molar-refractivity contribution in [1.82, 2.24) is 10.6 Å². The minimum atomic E-state index is -0.976. The maximum Gasteiger partial charge on any atom is 0.237 e. The van der Waals surface area contributed by atoms with E-state index in [1.54, 1.807) is 0 Å². The van der Waals surface area contributed by atoms with Crippen LogP contribution in [0, 0.1) is 11.6 Å². The van der Waals surface area contributed by atoms with Gasteiger partial charge < -0.3 is 20.5 Å². The van der Waals surface area contributed by atoms with E-state index in [4.69, 9.17) is 4.74 Å². The number of β-amino-alcohol motifs (C(OH)–C–C–N with tert-alkyl or cyclic N) is 1. The molecule has 2 rings (SSSR count). The van der Waals surface area contributed by atoms with Crippen molar-refractivity contribution in [3.63, 3.8) is 0 Å². The molecule has 0 radical (unpaired) electrons. The highest BCUT2D eigenvalue weighted by Crippen LogP contribution is 2.15. The Kier molecular flexibility index (Phi) is 6.80. The van der Waals surface area contributed by atoms with E-state index in [9.17, 15) is 18.7 Å². The average Bonchev–Trinajstić information content (AvgIpc) is 2.85. The smallest absolute Gasteiger partial charge is 0.237 e. The topological polar surface area (TPSA) is 70.6 Å². The van der Waals surface area contributed by atoms with Crippen molar-refractivity contribution in [3.05, 3.63) is 29.8 Å². The van der Waals surface area contributed by atoms with Crippen molar-refractivity contribution in [3.8, 4) is 5.75 Å². The molecule has 1 aliphatic heterocycles. The van der Waals surface area contributed by atoms with Crippen molar-refractivity contribution in [2.45, 2.75) is 18.6 Å². The Morgan fingerprint density at radius 2 is 2.19 bits per heavy atom. The fourth-order valence-electron chi connectivity index (χ4n) is 1.95. The van der Waals surface area contributed by atoms with Crippen LogP contribution < -0.4 is 15.4 Å². The van der Waals surface area contributed by atoms with Crippen LogP contribution in [-0.4, -0.2) is 42.9 Å². The van der Waals surface area contributed by atoms with Crippen LogP contribution in [0.25, 0.3) is 0 Å². The lowest BCUT2D eigenvalue weighted by Gasteiger charge is -2.11. The van der Waals surface area contributed by atoms with E-state index in [0.29, 0.717) is 13.0 Å². The maximum absolute atomic E-state index is 12.9. The van der Waals surface area contributed by atoms with Gasteiger partial charge in [0.2, 0.25) is 5.91 Å². The third-order valence-electron chi connectivity index (χ3n) is 2.99. The van der Waals surface area contributed by atoms with Gasteiger partial charge in [-0.05, 0) is 18.6 Å². The minimum absolute atomic E-state index is 0. The summed E-state index contributed by atoms with van der Waals surface area (Å²) in [5.74, 6) is -1.92. The van der Waals surface area contributed by atoms with Gasteiger partial charge in [0.05, 0.1) is 18.7 Å². The Morgan fingerprint density at radius 3 is 2.81 bits per heavy atom. The summed E-state index contributed by atoms with van der Waals surface area (Å²) in [6.45, 7) is 0.793. The Labute approximate surface area is 127 Å². The van der Waals surface area contributed by atoms with Crippen LogP contribution in [0.5, 0.6) is 5.75 Å². The number of aliphatic hydroxyl groups excluding tert-OH is 1. The lowest BCUT2D eigenvalue weighted by Crippen LogP contribution is -2.41. The van der Waals surface area contributed by atoms with E-state index in [1.807, 2.05) is 0 Å². The van der Waals surface area contributed by atoms with Crippen LogP contribution in [0.4, 0.5) is 8.78 Å². The largest absolute Gasteiger partial charge is 0.492 e. The second kappa shape index (κ2) is 8.11. The first-order chi connectivity index (χ1) is 9.56. The summed E-state index contributed by atoms with van der Waals surface area (Å²) < 4.78 is 30.8. The molecule has 0 aliphatic carbocycles. The average molecular weight is 323 g/mol. The highest BCUT2D eigenvalue weighted by Gasteiger charge is 2.27. The standard InChI is InChI=1S/C13H16F2N2O3.ClH/c14-10-2-1-9(6-11(10)15)20-4-3-16-13(19)12-5-8(18)7-17-12;/h1-2,6,8,12,17-18H,3-5,7H2,(H,16,19);1H. The SMILES string of the molecule is Cl.O=C(NCCOc1ccc(F)c(F)c1)C1CC(O)CN1. The minimum Gasteiger partial charge on any atom is -0.492 e. The quantitative estimate of drug-likeness (QED) is 0.695. The van der Waals surface area contributed by atoms with Gasteiger partial charge in [-0.3, -0.25) is 4.79 Å². The van der Waals surface area contributed by atoms with Gasteiger partial charge in [0.15, 0.2) is 11.6 Å². The first-order valence-electron chi connectivity index (χ1n) is 6.33. The number of hydrogen-bond donors (Lipinski definition) is 3. The Hall–Kier alpha value is -1.44. The van der Waals surface area contributed by atoms with Gasteiger partial charge in [0.1, 0.15) is 12.4 Å². The molecule has 1 aromatic carbocycles. The van der Waals surface area contributed by atoms with E-state index in [-0.39, 0.29) is 37.2 Å². The number of nitrogens with one attached hydrogen (secondary N) is 2. The second-order valence-electron chi connectivity index (χ2n) is 4.57. The Morgan fingerprint density at radius 1 is 1.43 bits per heavy atom. The predicted octanol–water partition coefficient (Wildman–Crippen LogP) is 0.604. The number of ether oxygens (including phenoxy) is 1. The van der Waals surface area contributed by atoms with Gasteiger partial charge in [-0.2, -0.15) is 0 Å². The van der Waals surface area contributed by atoms with Gasteiger partial charge in [-0.1, -0.05) is 0 Å². The molecule has 118 valence electrons. The number of aliphatic hydroxyl groups is 1. The molecule has 3 N–H and O–H groups in total. The van der Waals surface area contributed by atoms with Gasteiger partial charge in [0, 0.05) is 12.6 Å². The molecule has 1 fully saturated rings. The number of amides is 1. The fourth-order valence-corrected chi connectivity index (χ4v) is 1.95. The first kappa shape index (κ1) is 17.6. The molecule has 1 saturated heterocycles. The van der Waals surface area contributed by atoms with Gasteiger partial charge >= 0.3 is 0 Å². The Balaban J connectivity index is 0.00000220. The van der Waals surface area contributed by atoms with Crippen LogP contribution >= 0.6 is 12.4 Å². The molecular formula is C13H17ClF2N2O3. The molecule has 21 heavy (non-hydrogen) atoms. The highest BCUT2D eigenvalue weighted by molar-refractivity contribution is 5.85. The van der Waals surface area contributed by atoms with Crippen LogP contribution in [0.3, 0.4) is 0 Å². The summed E-state index contributed by atoms with van der Waals surface area (Å²) >= 11 is 0. The molecule has 0 aromatic heterocycles. The number of halogens is 3. The molecule has 1 amide bonds. The van der Waals surface area contributed by atoms with E-state index in [1.165, 1.54) is 6.07 Å². The van der Waals surface area contributed by atoms with Gasteiger partial charge in [-0.25, -0.2) is 8.78 Å². The van der Waals surface area contributed by atoms with Crippen LogP contribution in [0.15, 0.2) is 18.2 Å². The summed E-state index contributed by atoms with van der Waals surface area (Å²) in [6, 6.07) is 2.85. The zero-order valence-corrected chi connectivity index (χ0v) is 12.0. The van der Waals surface area contributed by atoms with Crippen molar-refractivity contribution in [2.24, 2.45) is 0 Å². The molecular weight excluding hydrogens is 306 g/mol. The number of hydrogen-bond acceptors (Lipinski definition) is 4. The van der Waals surface area contributed by atoms with Crippen LogP contribution in [0.2, 0.25) is 0 Å². The number of carbonyl (C=O) groups is 1. The van der Waals surface area contributed by atoms with E-state index < -0.39 is 23.8 Å². The molecule has 1 heterocycles. The molecule has 0 spiro atoms. The molecule has 0 bridgehead atoms. The molecule has 0 saturated carbocycles. The van der Waals surface area contributed by atoms with E-state index >= 15 is 0 Å². The van der Waals surface area contributed by atoms with E-state index in [0.717, 1.165) is 12.1 Å². The van der Waals surface area contributed by atoms with Crippen molar-refractivity contribution in [2.75, 3.05) is 19.7 Å².